The first kappa shape index (κ1) is 29.5. The van der Waals surface area contributed by atoms with Crippen molar-refractivity contribution in [2.24, 2.45) is 0 Å². The molecule has 9 nitrogen and oxygen atoms in total. The second kappa shape index (κ2) is 14.5. The molecule has 0 unspecified atom stereocenters. The van der Waals surface area contributed by atoms with E-state index in [1.165, 1.54) is 12.0 Å². The van der Waals surface area contributed by atoms with Crippen molar-refractivity contribution >= 4 is 23.2 Å². The average molecular weight is 463 g/mol. The maximum Gasteiger partial charge on any atom is 0.326 e. The molecule has 182 valence electrons. The summed E-state index contributed by atoms with van der Waals surface area (Å²) in [7, 11) is 4.81. The fourth-order valence-corrected chi connectivity index (χ4v) is 2.64. The van der Waals surface area contributed by atoms with E-state index >= 15 is 0 Å². The van der Waals surface area contributed by atoms with Gasteiger partial charge >= 0.3 is 5.97 Å². The Labute approximate surface area is 194 Å². The summed E-state index contributed by atoms with van der Waals surface area (Å²) in [6.07, 6.45) is 10.00. The van der Waals surface area contributed by atoms with Gasteiger partial charge in [-0.05, 0) is 57.2 Å². The van der Waals surface area contributed by atoms with Gasteiger partial charge in [0.25, 0.3) is 5.56 Å². The molecule has 1 aliphatic rings. The number of rotatable bonds is 4. The van der Waals surface area contributed by atoms with Crippen LogP contribution in [0.3, 0.4) is 0 Å². The topological polar surface area (TPSA) is 118 Å². The Bertz CT molecular complexity index is 955. The highest BCUT2D eigenvalue weighted by atomic mass is 16.5. The van der Waals surface area contributed by atoms with Crippen molar-refractivity contribution < 1.29 is 28.9 Å². The Morgan fingerprint density at radius 3 is 2.21 bits per heavy atom. The fraction of sp³-hybridized carbons (Fsp3) is 0.458. The monoisotopic (exact) mass is 462 g/mol. The van der Waals surface area contributed by atoms with Crippen molar-refractivity contribution in [1.82, 2.24) is 9.88 Å². The molecule has 1 aromatic carbocycles. The van der Waals surface area contributed by atoms with Crippen LogP contribution in [-0.4, -0.2) is 66.9 Å². The molecule has 1 saturated heterocycles. The predicted octanol–water partition coefficient (Wildman–Crippen LogP) is 2.92. The Morgan fingerprint density at radius 1 is 1.18 bits per heavy atom. The number of carbonyl (C=O) groups excluding carboxylic acids is 1. The molecular formula is C24H34N2O7. The fourth-order valence-electron chi connectivity index (χ4n) is 2.64. The van der Waals surface area contributed by atoms with E-state index in [0.717, 1.165) is 17.6 Å². The smallest absolute Gasteiger partial charge is 0.326 e. The third-order valence-corrected chi connectivity index (χ3v) is 4.57. The minimum absolute atomic E-state index is 0.0417. The Balaban J connectivity index is 0.000000493. The molecule has 0 spiro atoms. The number of ether oxygens (including phenoxy) is 3. The number of carbonyl (C=O) groups is 2. The molecule has 0 saturated carbocycles. The molecule has 0 radical (unpaired) electrons. The molecule has 0 aliphatic carbocycles. The number of benzene rings is 1. The van der Waals surface area contributed by atoms with E-state index in [9.17, 15) is 14.4 Å². The number of methoxy groups -OCH3 is 3. The van der Waals surface area contributed by atoms with Gasteiger partial charge in [-0.2, -0.15) is 0 Å². The highest BCUT2D eigenvalue weighted by Crippen LogP contribution is 2.20. The second-order valence-electron chi connectivity index (χ2n) is 7.78. The zero-order valence-electron chi connectivity index (χ0n) is 20.1. The Hall–Kier alpha value is -3.51. The zero-order valence-corrected chi connectivity index (χ0v) is 20.1. The largest absolute Gasteiger partial charge is 0.497 e. The van der Waals surface area contributed by atoms with Crippen molar-refractivity contribution in [2.75, 3.05) is 27.9 Å². The molecule has 0 bridgehead atoms. The molecule has 2 heterocycles. The van der Waals surface area contributed by atoms with Crippen LogP contribution < -0.4 is 15.0 Å². The number of hydrogen-bond acceptors (Lipinski definition) is 6. The van der Waals surface area contributed by atoms with Crippen LogP contribution in [0.1, 0.15) is 33.6 Å². The number of carboxylic acid groups (broad SMARTS) is 1. The highest BCUT2D eigenvalue weighted by Gasteiger charge is 2.28. The number of nitrogens with one attached hydrogen (secondary N) is 1. The SMILES string of the molecule is C#C.COC(C)(C)C.COc1ccc2c(=O)[nH]c(OC)cc2c1.O=CN1CCC[C@H]1C(=O)O. The first-order valence-electron chi connectivity index (χ1n) is 10.1. The van der Waals surface area contributed by atoms with Gasteiger partial charge in [-0.3, -0.25) is 14.6 Å². The Morgan fingerprint density at radius 2 is 1.79 bits per heavy atom. The number of terminal acetylenes is 1. The molecule has 3 rings (SSSR count). The summed E-state index contributed by atoms with van der Waals surface area (Å²) in [5, 5.41) is 9.94. The van der Waals surface area contributed by atoms with Crippen LogP contribution in [0.25, 0.3) is 10.8 Å². The number of fused-ring (bicyclic) bond motifs is 1. The van der Waals surface area contributed by atoms with E-state index in [4.69, 9.17) is 19.3 Å². The van der Waals surface area contributed by atoms with Gasteiger partial charge in [-0.1, -0.05) is 0 Å². The molecule has 2 aromatic rings. The third kappa shape index (κ3) is 10.1. The van der Waals surface area contributed by atoms with Gasteiger partial charge in [-0.15, -0.1) is 12.8 Å². The van der Waals surface area contributed by atoms with Crippen LogP contribution in [0.15, 0.2) is 29.1 Å². The van der Waals surface area contributed by atoms with E-state index in [1.807, 2.05) is 20.8 Å². The maximum absolute atomic E-state index is 11.6. The van der Waals surface area contributed by atoms with Crippen molar-refractivity contribution in [3.05, 3.63) is 34.6 Å². The minimum atomic E-state index is -0.899. The van der Waals surface area contributed by atoms with Crippen LogP contribution >= 0.6 is 0 Å². The second-order valence-corrected chi connectivity index (χ2v) is 7.78. The standard InChI is InChI=1S/C11H11NO3.C6H9NO3.C5H12O.C2H2/c1-14-8-3-4-9-7(5-8)6-10(15-2)12-11(9)13;8-4-7-3-1-2-5(7)6(9)10;1-5(2,3)6-4;1-2/h3-6H,1-2H3,(H,12,13);4-5H,1-3H2,(H,9,10);1-4H3;1-2H/t;5-;;/m.0../s1. The van der Waals surface area contributed by atoms with E-state index in [1.54, 1.807) is 38.5 Å². The molecule has 1 fully saturated rings. The zero-order chi connectivity index (χ0) is 25.6. The number of aliphatic carboxylic acids is 1. The van der Waals surface area contributed by atoms with Crippen LogP contribution in [-0.2, 0) is 14.3 Å². The molecule has 1 amide bonds. The van der Waals surface area contributed by atoms with E-state index in [0.29, 0.717) is 30.6 Å². The molecule has 9 heteroatoms. The number of hydrogen-bond donors (Lipinski definition) is 2. The van der Waals surface area contributed by atoms with E-state index in [-0.39, 0.29) is 11.2 Å². The number of carboxylic acids is 1. The third-order valence-electron chi connectivity index (χ3n) is 4.57. The van der Waals surface area contributed by atoms with E-state index in [2.05, 4.69) is 17.8 Å². The van der Waals surface area contributed by atoms with Crippen molar-refractivity contribution in [3.8, 4) is 24.5 Å². The summed E-state index contributed by atoms with van der Waals surface area (Å²) in [5.74, 6) is 0.264. The van der Waals surface area contributed by atoms with Gasteiger partial charge in [0, 0.05) is 25.1 Å². The van der Waals surface area contributed by atoms with Crippen molar-refractivity contribution in [2.45, 2.75) is 45.3 Å². The van der Waals surface area contributed by atoms with Crippen LogP contribution in [0.4, 0.5) is 0 Å². The van der Waals surface area contributed by atoms with Gasteiger partial charge in [0.2, 0.25) is 6.41 Å². The molecule has 1 aromatic heterocycles. The lowest BCUT2D eigenvalue weighted by molar-refractivity contribution is -0.144. The van der Waals surface area contributed by atoms with Crippen LogP contribution in [0.5, 0.6) is 11.6 Å². The molecule has 1 atom stereocenters. The number of H-pyrrole nitrogens is 1. The lowest BCUT2D eigenvalue weighted by Gasteiger charge is -2.14. The van der Waals surface area contributed by atoms with Gasteiger partial charge < -0.3 is 24.2 Å². The number of aromatic nitrogens is 1. The van der Waals surface area contributed by atoms with Gasteiger partial charge in [0.05, 0.1) is 19.8 Å². The first-order chi connectivity index (χ1) is 15.6. The summed E-state index contributed by atoms with van der Waals surface area (Å²) in [5.41, 5.74) is -0.119. The summed E-state index contributed by atoms with van der Waals surface area (Å²) < 4.78 is 15.0. The number of pyridine rings is 1. The number of nitrogens with zero attached hydrogens (tertiary/aromatic N) is 1. The lowest BCUT2D eigenvalue weighted by Crippen LogP contribution is -2.34. The molecule has 2 N–H and O–H groups in total. The molecule has 1 aliphatic heterocycles. The van der Waals surface area contributed by atoms with Gasteiger partial charge in [0.15, 0.2) is 5.88 Å². The summed E-state index contributed by atoms with van der Waals surface area (Å²) >= 11 is 0. The first-order valence-corrected chi connectivity index (χ1v) is 10.1. The van der Waals surface area contributed by atoms with Crippen LogP contribution in [0, 0.1) is 12.8 Å². The van der Waals surface area contributed by atoms with Gasteiger partial charge in [-0.25, -0.2) is 4.79 Å². The van der Waals surface area contributed by atoms with Crippen molar-refractivity contribution in [3.63, 3.8) is 0 Å². The number of aromatic amines is 1. The predicted molar refractivity (Wildman–Crippen MR) is 128 cm³/mol. The van der Waals surface area contributed by atoms with Crippen molar-refractivity contribution in [1.29, 1.82) is 0 Å². The lowest BCUT2D eigenvalue weighted by atomic mass is 10.1. The number of likely N-dealkylation sites (tertiary alicyclic amines) is 1. The molecule has 33 heavy (non-hydrogen) atoms. The summed E-state index contributed by atoms with van der Waals surface area (Å²) in [4.78, 5) is 36.1. The minimum Gasteiger partial charge on any atom is -0.497 e. The quantitative estimate of drug-likeness (QED) is 0.530. The number of amides is 1. The van der Waals surface area contributed by atoms with Gasteiger partial charge in [0.1, 0.15) is 11.8 Å². The average Bonchev–Trinajstić information content (AvgIpc) is 3.29. The summed E-state index contributed by atoms with van der Waals surface area (Å²) in [6.45, 7) is 6.65. The van der Waals surface area contributed by atoms with E-state index < -0.39 is 12.0 Å². The highest BCUT2D eigenvalue weighted by molar-refractivity contribution is 5.83. The van der Waals surface area contributed by atoms with Crippen LogP contribution in [0.2, 0.25) is 0 Å². The summed E-state index contributed by atoms with van der Waals surface area (Å²) in [6, 6.07) is 6.47. The Kier molecular flexibility index (Phi) is 13.0. The normalized spacial score (nSPS) is 14.4. The maximum atomic E-state index is 11.6. The molecular weight excluding hydrogens is 428 g/mol.